The third-order valence-corrected chi connectivity index (χ3v) is 3.52. The van der Waals surface area contributed by atoms with E-state index in [-0.39, 0.29) is 0 Å². The lowest BCUT2D eigenvalue weighted by molar-refractivity contribution is 0.562. The van der Waals surface area contributed by atoms with E-state index >= 15 is 0 Å². The van der Waals surface area contributed by atoms with E-state index in [1.807, 2.05) is 19.1 Å². The standard InChI is InChI=1S/C14H20N4/c1-11-8-12(10-15)9-14(17-11)18(2)13-4-3-6-16-7-5-13/h8-9,13,16H,3-7H2,1-2H3. The molecule has 0 aliphatic carbocycles. The Hall–Kier alpha value is -1.60. The molecule has 0 radical (unpaired) electrons. The maximum atomic E-state index is 9.02. The summed E-state index contributed by atoms with van der Waals surface area (Å²) < 4.78 is 0. The molecule has 4 heteroatoms. The van der Waals surface area contributed by atoms with Crippen molar-refractivity contribution < 1.29 is 0 Å². The number of aryl methyl sites for hydroxylation is 1. The van der Waals surface area contributed by atoms with Crippen LogP contribution in [0.5, 0.6) is 0 Å². The minimum atomic E-state index is 0.515. The molecule has 1 atom stereocenters. The van der Waals surface area contributed by atoms with Crippen LogP contribution in [0.1, 0.15) is 30.5 Å². The van der Waals surface area contributed by atoms with E-state index in [0.717, 1.165) is 31.0 Å². The van der Waals surface area contributed by atoms with Crippen LogP contribution in [-0.2, 0) is 0 Å². The fourth-order valence-electron chi connectivity index (χ4n) is 2.47. The fraction of sp³-hybridized carbons (Fsp3) is 0.571. The number of aromatic nitrogens is 1. The average molecular weight is 244 g/mol. The number of anilines is 1. The first-order valence-electron chi connectivity index (χ1n) is 6.53. The van der Waals surface area contributed by atoms with Crippen LogP contribution in [0.4, 0.5) is 5.82 Å². The van der Waals surface area contributed by atoms with Gasteiger partial charge in [0.25, 0.3) is 0 Å². The van der Waals surface area contributed by atoms with Crippen LogP contribution >= 0.6 is 0 Å². The minimum Gasteiger partial charge on any atom is -0.357 e. The van der Waals surface area contributed by atoms with Gasteiger partial charge in [0.2, 0.25) is 0 Å². The van der Waals surface area contributed by atoms with Crippen LogP contribution in [0, 0.1) is 18.3 Å². The van der Waals surface area contributed by atoms with Crippen molar-refractivity contribution in [2.45, 2.75) is 32.2 Å². The van der Waals surface area contributed by atoms with Gasteiger partial charge in [-0.1, -0.05) is 0 Å². The molecule has 1 unspecified atom stereocenters. The monoisotopic (exact) mass is 244 g/mol. The minimum absolute atomic E-state index is 0.515. The summed E-state index contributed by atoms with van der Waals surface area (Å²) in [7, 11) is 2.08. The van der Waals surface area contributed by atoms with Gasteiger partial charge >= 0.3 is 0 Å². The summed E-state index contributed by atoms with van der Waals surface area (Å²) in [6.07, 6.45) is 3.51. The molecule has 1 saturated heterocycles. The third kappa shape index (κ3) is 2.99. The maximum Gasteiger partial charge on any atom is 0.130 e. The summed E-state index contributed by atoms with van der Waals surface area (Å²) >= 11 is 0. The first-order chi connectivity index (χ1) is 8.70. The van der Waals surface area contributed by atoms with Gasteiger partial charge in [0.1, 0.15) is 5.82 Å². The molecule has 2 rings (SSSR count). The van der Waals surface area contributed by atoms with Gasteiger partial charge in [-0.25, -0.2) is 4.98 Å². The zero-order chi connectivity index (χ0) is 13.0. The molecule has 1 N–H and O–H groups in total. The smallest absolute Gasteiger partial charge is 0.130 e. The van der Waals surface area contributed by atoms with Crippen LogP contribution < -0.4 is 10.2 Å². The number of hydrogen-bond acceptors (Lipinski definition) is 4. The Morgan fingerprint density at radius 1 is 1.39 bits per heavy atom. The summed E-state index contributed by atoms with van der Waals surface area (Å²) in [5, 5.41) is 12.4. The summed E-state index contributed by atoms with van der Waals surface area (Å²) in [6, 6.07) is 6.42. The Morgan fingerprint density at radius 3 is 3.00 bits per heavy atom. The molecule has 0 saturated carbocycles. The molecule has 1 aromatic rings. The van der Waals surface area contributed by atoms with Crippen molar-refractivity contribution in [2.75, 3.05) is 25.0 Å². The predicted octanol–water partition coefficient (Wildman–Crippen LogP) is 1.84. The largest absolute Gasteiger partial charge is 0.357 e. The highest BCUT2D eigenvalue weighted by atomic mass is 15.2. The molecular weight excluding hydrogens is 224 g/mol. The van der Waals surface area contributed by atoms with Crippen LogP contribution in [-0.4, -0.2) is 31.2 Å². The van der Waals surface area contributed by atoms with Crippen molar-refractivity contribution in [1.29, 1.82) is 5.26 Å². The summed E-state index contributed by atoms with van der Waals surface area (Å²) in [6.45, 7) is 4.10. The van der Waals surface area contributed by atoms with Crippen LogP contribution in [0.25, 0.3) is 0 Å². The van der Waals surface area contributed by atoms with Crippen LogP contribution in [0.2, 0.25) is 0 Å². The molecule has 1 aromatic heterocycles. The second-order valence-corrected chi connectivity index (χ2v) is 4.91. The van der Waals surface area contributed by atoms with Crippen molar-refractivity contribution in [3.8, 4) is 6.07 Å². The van der Waals surface area contributed by atoms with Crippen LogP contribution in [0.15, 0.2) is 12.1 Å². The predicted molar refractivity (Wildman–Crippen MR) is 72.6 cm³/mol. The number of pyridine rings is 1. The Kier molecular flexibility index (Phi) is 4.16. The first kappa shape index (κ1) is 12.8. The molecule has 2 heterocycles. The molecule has 1 fully saturated rings. The first-order valence-corrected chi connectivity index (χ1v) is 6.53. The van der Waals surface area contributed by atoms with Crippen molar-refractivity contribution in [3.63, 3.8) is 0 Å². The van der Waals surface area contributed by atoms with E-state index < -0.39 is 0 Å². The molecule has 0 amide bonds. The lowest BCUT2D eigenvalue weighted by Crippen LogP contribution is -2.33. The van der Waals surface area contributed by atoms with Gasteiger partial charge in [-0.15, -0.1) is 0 Å². The van der Waals surface area contributed by atoms with Gasteiger partial charge in [0.05, 0.1) is 11.6 Å². The second kappa shape index (κ2) is 5.83. The third-order valence-electron chi connectivity index (χ3n) is 3.52. The highest BCUT2D eigenvalue weighted by molar-refractivity contribution is 5.46. The number of nitriles is 1. The van der Waals surface area contributed by atoms with E-state index in [1.165, 1.54) is 12.8 Å². The quantitative estimate of drug-likeness (QED) is 0.862. The lowest BCUT2D eigenvalue weighted by atomic mass is 10.1. The molecular formula is C14H20N4. The van der Waals surface area contributed by atoms with Crippen LogP contribution in [0.3, 0.4) is 0 Å². The Morgan fingerprint density at radius 2 is 2.22 bits per heavy atom. The zero-order valence-corrected chi connectivity index (χ0v) is 11.1. The van der Waals surface area contributed by atoms with Gasteiger partial charge in [0, 0.05) is 18.8 Å². The summed E-state index contributed by atoms with van der Waals surface area (Å²) in [4.78, 5) is 6.76. The molecule has 0 aromatic carbocycles. The zero-order valence-electron chi connectivity index (χ0n) is 11.1. The molecule has 1 aliphatic heterocycles. The fourth-order valence-corrected chi connectivity index (χ4v) is 2.47. The van der Waals surface area contributed by atoms with E-state index in [4.69, 9.17) is 5.26 Å². The molecule has 4 nitrogen and oxygen atoms in total. The van der Waals surface area contributed by atoms with Crippen molar-refractivity contribution in [1.82, 2.24) is 10.3 Å². The Balaban J connectivity index is 2.19. The normalized spacial score (nSPS) is 19.9. The highest BCUT2D eigenvalue weighted by Crippen LogP contribution is 2.20. The Bertz CT molecular complexity index is 442. The van der Waals surface area contributed by atoms with E-state index in [9.17, 15) is 0 Å². The molecule has 96 valence electrons. The highest BCUT2D eigenvalue weighted by Gasteiger charge is 2.18. The van der Waals surface area contributed by atoms with Gasteiger partial charge in [-0.05, 0) is 51.4 Å². The molecule has 0 bridgehead atoms. The van der Waals surface area contributed by atoms with Crippen molar-refractivity contribution in [2.24, 2.45) is 0 Å². The van der Waals surface area contributed by atoms with E-state index in [1.54, 1.807) is 0 Å². The van der Waals surface area contributed by atoms with Gasteiger partial charge in [0.15, 0.2) is 0 Å². The summed E-state index contributed by atoms with van der Waals surface area (Å²) in [5.41, 5.74) is 1.60. The van der Waals surface area contributed by atoms with E-state index in [0.29, 0.717) is 11.6 Å². The van der Waals surface area contributed by atoms with Crippen molar-refractivity contribution >= 4 is 5.82 Å². The van der Waals surface area contributed by atoms with Gasteiger partial charge in [-0.2, -0.15) is 5.26 Å². The van der Waals surface area contributed by atoms with Gasteiger partial charge < -0.3 is 10.2 Å². The van der Waals surface area contributed by atoms with Crippen molar-refractivity contribution in [3.05, 3.63) is 23.4 Å². The Labute approximate surface area is 109 Å². The number of hydrogen-bond donors (Lipinski definition) is 1. The topological polar surface area (TPSA) is 52.0 Å². The average Bonchev–Trinajstić information content (AvgIpc) is 2.65. The van der Waals surface area contributed by atoms with Gasteiger partial charge in [-0.3, -0.25) is 0 Å². The number of nitrogens with zero attached hydrogens (tertiary/aromatic N) is 3. The van der Waals surface area contributed by atoms with E-state index in [2.05, 4.69) is 28.3 Å². The summed E-state index contributed by atoms with van der Waals surface area (Å²) in [5.74, 6) is 0.915. The molecule has 0 spiro atoms. The lowest BCUT2D eigenvalue weighted by Gasteiger charge is -2.28. The molecule has 18 heavy (non-hydrogen) atoms. The number of rotatable bonds is 2. The second-order valence-electron chi connectivity index (χ2n) is 4.91. The maximum absolute atomic E-state index is 9.02. The number of nitrogens with one attached hydrogen (secondary N) is 1. The molecule has 1 aliphatic rings. The SMILES string of the molecule is Cc1cc(C#N)cc(N(C)C2CCCNCC2)n1.